The van der Waals surface area contributed by atoms with Crippen molar-refractivity contribution in [2.24, 2.45) is 0 Å². The average molecular weight is 251 g/mol. The predicted molar refractivity (Wildman–Crippen MR) is 64.2 cm³/mol. The Labute approximate surface area is 104 Å². The first-order valence-electron chi connectivity index (χ1n) is 5.04. The van der Waals surface area contributed by atoms with Gasteiger partial charge in [0.25, 0.3) is 0 Å². The second-order valence-electron chi connectivity index (χ2n) is 3.44. The number of alkyl halides is 1. The maximum Gasteiger partial charge on any atom is 0.328 e. The van der Waals surface area contributed by atoms with Crippen LogP contribution in [0.15, 0.2) is 42.7 Å². The molecule has 1 aromatic heterocycles. The van der Waals surface area contributed by atoms with E-state index in [1.165, 1.54) is 7.11 Å². The first-order valence-corrected chi connectivity index (χ1v) is 5.48. The fraction of sp³-hybridized carbons (Fsp3) is 0.167. The molecule has 1 atom stereocenters. The smallest absolute Gasteiger partial charge is 0.328 e. The lowest BCUT2D eigenvalue weighted by atomic mass is 10.2. The van der Waals surface area contributed by atoms with Gasteiger partial charge >= 0.3 is 5.97 Å². The largest absolute Gasteiger partial charge is 0.468 e. The number of esters is 1. The molecule has 2 rings (SSSR count). The van der Waals surface area contributed by atoms with Crippen LogP contribution in [-0.2, 0) is 9.53 Å². The summed E-state index contributed by atoms with van der Waals surface area (Å²) >= 11 is 5.93. The van der Waals surface area contributed by atoms with Gasteiger partial charge in [0.05, 0.1) is 19.0 Å². The third kappa shape index (κ3) is 2.47. The van der Waals surface area contributed by atoms with Gasteiger partial charge in [-0.25, -0.2) is 4.68 Å². The number of hydrogen-bond acceptors (Lipinski definition) is 3. The number of para-hydroxylation sites is 1. The Morgan fingerprint density at radius 1 is 1.41 bits per heavy atom. The van der Waals surface area contributed by atoms with Crippen LogP contribution in [0.5, 0.6) is 0 Å². The highest BCUT2D eigenvalue weighted by atomic mass is 35.5. The quantitative estimate of drug-likeness (QED) is 0.620. The van der Waals surface area contributed by atoms with Crippen LogP contribution in [0.2, 0.25) is 0 Å². The molecule has 0 aliphatic carbocycles. The van der Waals surface area contributed by atoms with Crippen LogP contribution in [0.4, 0.5) is 0 Å². The second-order valence-corrected chi connectivity index (χ2v) is 3.88. The summed E-state index contributed by atoms with van der Waals surface area (Å²) < 4.78 is 6.23. The number of carbonyl (C=O) groups is 1. The molecule has 2 aromatic rings. The maximum absolute atomic E-state index is 11.3. The van der Waals surface area contributed by atoms with Crippen LogP contribution in [0.1, 0.15) is 10.9 Å². The van der Waals surface area contributed by atoms with Crippen molar-refractivity contribution in [3.05, 3.63) is 48.3 Å². The molecule has 0 amide bonds. The summed E-state index contributed by atoms with van der Waals surface area (Å²) in [4.78, 5) is 11.3. The molecule has 1 heterocycles. The number of carbonyl (C=O) groups excluding carboxylic acids is 1. The number of methoxy groups -OCH3 is 1. The summed E-state index contributed by atoms with van der Waals surface area (Å²) in [5, 5.41) is 3.33. The molecule has 1 unspecified atom stereocenters. The highest BCUT2D eigenvalue weighted by Gasteiger charge is 2.19. The van der Waals surface area contributed by atoms with Crippen LogP contribution >= 0.6 is 11.6 Å². The molecule has 0 radical (unpaired) electrons. The lowest BCUT2D eigenvalue weighted by Gasteiger charge is -2.03. The summed E-state index contributed by atoms with van der Waals surface area (Å²) in [5.41, 5.74) is 1.52. The van der Waals surface area contributed by atoms with E-state index < -0.39 is 11.3 Å². The fourth-order valence-electron chi connectivity index (χ4n) is 1.43. The minimum Gasteiger partial charge on any atom is -0.468 e. The number of benzene rings is 1. The lowest BCUT2D eigenvalue weighted by Crippen LogP contribution is -2.07. The Kier molecular flexibility index (Phi) is 3.44. The van der Waals surface area contributed by atoms with E-state index in [0.29, 0.717) is 5.56 Å². The minimum absolute atomic E-state index is 0.487. The molecule has 0 aliphatic rings. The fourth-order valence-corrected chi connectivity index (χ4v) is 1.63. The standard InChI is InChI=1S/C12H11ClN2O2/c1-17-12(16)11(13)9-7-14-15(8-9)10-5-3-2-4-6-10/h2-8,11H,1H3. The second kappa shape index (κ2) is 5.01. The van der Waals surface area contributed by atoms with Crippen LogP contribution < -0.4 is 0 Å². The summed E-state index contributed by atoms with van der Waals surface area (Å²) in [6.45, 7) is 0. The van der Waals surface area contributed by atoms with Gasteiger partial charge < -0.3 is 4.74 Å². The van der Waals surface area contributed by atoms with Gasteiger partial charge in [-0.3, -0.25) is 4.79 Å². The molecular weight excluding hydrogens is 240 g/mol. The van der Waals surface area contributed by atoms with Crippen LogP contribution in [0.25, 0.3) is 5.69 Å². The molecule has 0 N–H and O–H groups in total. The van der Waals surface area contributed by atoms with E-state index in [1.807, 2.05) is 30.3 Å². The number of aromatic nitrogens is 2. The van der Waals surface area contributed by atoms with E-state index in [1.54, 1.807) is 17.1 Å². The van der Waals surface area contributed by atoms with Gasteiger partial charge in [0.1, 0.15) is 0 Å². The molecule has 1 aromatic carbocycles. The number of rotatable bonds is 3. The first-order chi connectivity index (χ1) is 8.22. The van der Waals surface area contributed by atoms with E-state index in [-0.39, 0.29) is 0 Å². The molecule has 0 fully saturated rings. The summed E-state index contributed by atoms with van der Waals surface area (Å²) in [7, 11) is 1.30. The molecule has 0 saturated carbocycles. The average Bonchev–Trinajstić information content (AvgIpc) is 2.87. The summed E-state index contributed by atoms with van der Waals surface area (Å²) in [6.07, 6.45) is 3.27. The molecule has 0 saturated heterocycles. The monoisotopic (exact) mass is 250 g/mol. The van der Waals surface area contributed by atoms with Gasteiger partial charge in [-0.1, -0.05) is 18.2 Å². The van der Waals surface area contributed by atoms with E-state index in [0.717, 1.165) is 5.69 Å². The molecule has 0 spiro atoms. The number of hydrogen-bond donors (Lipinski definition) is 0. The highest BCUT2D eigenvalue weighted by molar-refractivity contribution is 6.29. The maximum atomic E-state index is 11.3. The molecule has 0 aliphatic heterocycles. The van der Waals surface area contributed by atoms with Gasteiger partial charge in [0, 0.05) is 11.8 Å². The zero-order valence-electron chi connectivity index (χ0n) is 9.21. The normalized spacial score (nSPS) is 12.1. The first kappa shape index (κ1) is 11.7. The zero-order chi connectivity index (χ0) is 12.3. The van der Waals surface area contributed by atoms with Crippen molar-refractivity contribution in [3.63, 3.8) is 0 Å². The minimum atomic E-state index is -0.822. The number of ether oxygens (including phenoxy) is 1. The van der Waals surface area contributed by atoms with E-state index in [2.05, 4.69) is 9.84 Å². The Morgan fingerprint density at radius 3 is 2.76 bits per heavy atom. The molecule has 4 nitrogen and oxygen atoms in total. The zero-order valence-corrected chi connectivity index (χ0v) is 9.96. The van der Waals surface area contributed by atoms with Gasteiger partial charge in [-0.2, -0.15) is 5.10 Å². The Hall–Kier alpha value is -1.81. The van der Waals surface area contributed by atoms with Crippen molar-refractivity contribution >= 4 is 17.6 Å². The topological polar surface area (TPSA) is 44.1 Å². The van der Waals surface area contributed by atoms with Gasteiger partial charge in [0.2, 0.25) is 0 Å². The highest BCUT2D eigenvalue weighted by Crippen LogP contribution is 2.22. The van der Waals surface area contributed by atoms with Gasteiger partial charge in [-0.05, 0) is 12.1 Å². The lowest BCUT2D eigenvalue weighted by molar-refractivity contribution is -0.140. The third-order valence-corrected chi connectivity index (χ3v) is 2.75. The van der Waals surface area contributed by atoms with Crippen molar-refractivity contribution in [1.29, 1.82) is 0 Å². The third-order valence-electron chi connectivity index (χ3n) is 2.32. The van der Waals surface area contributed by atoms with Crippen molar-refractivity contribution in [2.75, 3.05) is 7.11 Å². The van der Waals surface area contributed by atoms with Crippen LogP contribution in [0.3, 0.4) is 0 Å². The van der Waals surface area contributed by atoms with Gasteiger partial charge in [-0.15, -0.1) is 11.6 Å². The Balaban J connectivity index is 2.25. The van der Waals surface area contributed by atoms with Crippen molar-refractivity contribution < 1.29 is 9.53 Å². The van der Waals surface area contributed by atoms with E-state index >= 15 is 0 Å². The summed E-state index contributed by atoms with van der Waals surface area (Å²) in [6, 6.07) is 9.58. The van der Waals surface area contributed by atoms with Crippen LogP contribution in [-0.4, -0.2) is 22.9 Å². The van der Waals surface area contributed by atoms with Crippen molar-refractivity contribution in [2.45, 2.75) is 5.38 Å². The Morgan fingerprint density at radius 2 is 2.12 bits per heavy atom. The summed E-state index contributed by atoms with van der Waals surface area (Å²) in [5.74, 6) is -0.487. The predicted octanol–water partition coefficient (Wildman–Crippen LogP) is 2.33. The molecule has 0 bridgehead atoms. The number of nitrogens with zero attached hydrogens (tertiary/aromatic N) is 2. The van der Waals surface area contributed by atoms with Gasteiger partial charge in [0.15, 0.2) is 5.38 Å². The van der Waals surface area contributed by atoms with Crippen molar-refractivity contribution in [3.8, 4) is 5.69 Å². The molecule has 5 heteroatoms. The van der Waals surface area contributed by atoms with E-state index in [9.17, 15) is 4.79 Å². The SMILES string of the molecule is COC(=O)C(Cl)c1cnn(-c2ccccc2)c1. The number of halogens is 1. The van der Waals surface area contributed by atoms with Crippen LogP contribution in [0, 0.1) is 0 Å². The molecule has 88 valence electrons. The van der Waals surface area contributed by atoms with Crippen molar-refractivity contribution in [1.82, 2.24) is 9.78 Å². The molecular formula is C12H11ClN2O2. The van der Waals surface area contributed by atoms with E-state index in [4.69, 9.17) is 11.6 Å². The molecule has 17 heavy (non-hydrogen) atoms. The Bertz CT molecular complexity index is 510.